The van der Waals surface area contributed by atoms with Crippen LogP contribution in [0.3, 0.4) is 0 Å². The number of aryl methyl sites for hydroxylation is 1. The van der Waals surface area contributed by atoms with Gasteiger partial charge < -0.3 is 10.6 Å². The van der Waals surface area contributed by atoms with Crippen LogP contribution in [-0.2, 0) is 0 Å². The molecule has 3 aromatic heterocycles. The number of aromatic amines is 1. The zero-order valence-electron chi connectivity index (χ0n) is 16.9. The SMILES string of the molecule is Cc1ccc(C(=O)Nc2ccn[nH]2)cc1Nc1ncnc2c1cnn2-c1ccccc1F. The van der Waals surface area contributed by atoms with E-state index in [2.05, 4.69) is 35.9 Å². The average Bonchev–Trinajstić information content (AvgIpc) is 3.46. The molecule has 0 atom stereocenters. The van der Waals surface area contributed by atoms with Crippen LogP contribution in [-0.4, -0.2) is 35.9 Å². The summed E-state index contributed by atoms with van der Waals surface area (Å²) in [6.45, 7) is 1.92. The molecule has 0 saturated carbocycles. The van der Waals surface area contributed by atoms with Gasteiger partial charge in [0.05, 0.1) is 17.8 Å². The number of hydrogen-bond acceptors (Lipinski definition) is 6. The molecule has 5 rings (SSSR count). The van der Waals surface area contributed by atoms with Gasteiger partial charge in [0.15, 0.2) is 5.65 Å². The minimum Gasteiger partial charge on any atom is -0.339 e. The van der Waals surface area contributed by atoms with Crippen LogP contribution in [0.4, 0.5) is 21.7 Å². The highest BCUT2D eigenvalue weighted by atomic mass is 19.1. The first-order valence-electron chi connectivity index (χ1n) is 9.72. The van der Waals surface area contributed by atoms with E-state index in [1.54, 1.807) is 48.8 Å². The molecule has 0 unspecified atom stereocenters. The number of carbonyl (C=O) groups is 1. The molecule has 32 heavy (non-hydrogen) atoms. The van der Waals surface area contributed by atoms with Crippen molar-refractivity contribution in [2.75, 3.05) is 10.6 Å². The van der Waals surface area contributed by atoms with Crippen LogP contribution >= 0.6 is 0 Å². The summed E-state index contributed by atoms with van der Waals surface area (Å²) in [5.74, 6) is 0.310. The molecule has 5 aromatic rings. The van der Waals surface area contributed by atoms with Gasteiger partial charge in [-0.2, -0.15) is 10.2 Å². The Labute approximate surface area is 181 Å². The maximum atomic E-state index is 14.3. The van der Waals surface area contributed by atoms with Crippen molar-refractivity contribution in [3.63, 3.8) is 0 Å². The normalized spacial score (nSPS) is 10.9. The van der Waals surface area contributed by atoms with E-state index in [1.165, 1.54) is 17.1 Å². The van der Waals surface area contributed by atoms with E-state index < -0.39 is 5.82 Å². The third-order valence-corrected chi connectivity index (χ3v) is 4.95. The fraction of sp³-hybridized carbons (Fsp3) is 0.0455. The van der Waals surface area contributed by atoms with Crippen molar-refractivity contribution in [2.45, 2.75) is 6.92 Å². The smallest absolute Gasteiger partial charge is 0.256 e. The fourth-order valence-corrected chi connectivity index (χ4v) is 3.29. The molecule has 0 aliphatic carbocycles. The number of hydrogen-bond donors (Lipinski definition) is 3. The molecule has 0 saturated heterocycles. The lowest BCUT2D eigenvalue weighted by Gasteiger charge is -2.12. The van der Waals surface area contributed by atoms with Crippen LogP contribution < -0.4 is 10.6 Å². The number of nitrogens with one attached hydrogen (secondary N) is 3. The number of rotatable bonds is 5. The third kappa shape index (κ3) is 3.54. The Morgan fingerprint density at radius 2 is 2.00 bits per heavy atom. The molecule has 10 heteroatoms. The van der Waals surface area contributed by atoms with Gasteiger partial charge >= 0.3 is 0 Å². The van der Waals surface area contributed by atoms with Gasteiger partial charge in [-0.1, -0.05) is 18.2 Å². The summed E-state index contributed by atoms with van der Waals surface area (Å²) in [4.78, 5) is 21.2. The topological polar surface area (TPSA) is 113 Å². The zero-order chi connectivity index (χ0) is 22.1. The molecule has 3 heterocycles. The highest BCUT2D eigenvalue weighted by molar-refractivity contribution is 6.04. The largest absolute Gasteiger partial charge is 0.339 e. The van der Waals surface area contributed by atoms with Crippen LogP contribution in [0.25, 0.3) is 16.7 Å². The lowest BCUT2D eigenvalue weighted by atomic mass is 10.1. The molecule has 0 fully saturated rings. The zero-order valence-corrected chi connectivity index (χ0v) is 16.9. The number of nitrogens with zero attached hydrogens (tertiary/aromatic N) is 5. The molecular weight excluding hydrogens is 411 g/mol. The third-order valence-electron chi connectivity index (χ3n) is 4.95. The van der Waals surface area contributed by atoms with Crippen molar-refractivity contribution >= 4 is 34.3 Å². The fourth-order valence-electron chi connectivity index (χ4n) is 3.29. The maximum Gasteiger partial charge on any atom is 0.256 e. The number of amides is 1. The van der Waals surface area contributed by atoms with Crippen molar-refractivity contribution in [3.8, 4) is 5.69 Å². The Morgan fingerprint density at radius 3 is 2.81 bits per heavy atom. The Kier molecular flexibility index (Phi) is 4.79. The van der Waals surface area contributed by atoms with Crippen LogP contribution in [0.15, 0.2) is 67.3 Å². The lowest BCUT2D eigenvalue weighted by Crippen LogP contribution is -2.12. The molecular formula is C22H17FN8O. The standard InChI is InChI=1S/C22H17FN8O/c1-13-6-7-14(22(32)29-19-8-9-26-30-19)10-17(13)28-20-15-11-27-31(21(15)25-12-24-20)18-5-3-2-4-16(18)23/h2-12H,1H3,(H,24,25,28)(H2,26,29,30,32). The van der Waals surface area contributed by atoms with Crippen LogP contribution in [0, 0.1) is 12.7 Å². The first-order valence-corrected chi connectivity index (χ1v) is 9.72. The Hall–Kier alpha value is -4.60. The van der Waals surface area contributed by atoms with E-state index in [0.717, 1.165) is 5.56 Å². The van der Waals surface area contributed by atoms with Crippen LogP contribution in [0.1, 0.15) is 15.9 Å². The molecule has 0 aliphatic heterocycles. The second-order valence-corrected chi connectivity index (χ2v) is 7.05. The van der Waals surface area contributed by atoms with E-state index in [0.29, 0.717) is 39.6 Å². The first kappa shape index (κ1) is 19.4. The number of halogens is 1. The van der Waals surface area contributed by atoms with Gasteiger partial charge in [-0.05, 0) is 36.8 Å². The van der Waals surface area contributed by atoms with Gasteiger partial charge in [-0.3, -0.25) is 9.89 Å². The Bertz CT molecular complexity index is 1430. The quantitative estimate of drug-likeness (QED) is 0.390. The minimum absolute atomic E-state index is 0.280. The second kappa shape index (κ2) is 7.91. The highest BCUT2D eigenvalue weighted by Crippen LogP contribution is 2.27. The molecule has 2 aromatic carbocycles. The van der Waals surface area contributed by atoms with E-state index in [1.807, 2.05) is 13.0 Å². The summed E-state index contributed by atoms with van der Waals surface area (Å²) in [5.41, 5.74) is 2.82. The van der Waals surface area contributed by atoms with Crippen molar-refractivity contribution in [1.29, 1.82) is 0 Å². The summed E-state index contributed by atoms with van der Waals surface area (Å²) >= 11 is 0. The van der Waals surface area contributed by atoms with Crippen molar-refractivity contribution in [3.05, 3.63) is 84.2 Å². The van der Waals surface area contributed by atoms with Gasteiger partial charge in [-0.25, -0.2) is 19.0 Å². The summed E-state index contributed by atoms with van der Waals surface area (Å²) in [6, 6.07) is 13.3. The summed E-state index contributed by atoms with van der Waals surface area (Å²) in [6.07, 6.45) is 4.52. The van der Waals surface area contributed by atoms with Crippen molar-refractivity contribution < 1.29 is 9.18 Å². The number of para-hydroxylation sites is 1. The monoisotopic (exact) mass is 428 g/mol. The van der Waals surface area contributed by atoms with Crippen LogP contribution in [0.2, 0.25) is 0 Å². The predicted molar refractivity (Wildman–Crippen MR) is 118 cm³/mol. The summed E-state index contributed by atoms with van der Waals surface area (Å²) in [7, 11) is 0. The summed E-state index contributed by atoms with van der Waals surface area (Å²) in [5, 5.41) is 17.4. The summed E-state index contributed by atoms with van der Waals surface area (Å²) < 4.78 is 15.7. The van der Waals surface area contributed by atoms with Crippen LogP contribution in [0.5, 0.6) is 0 Å². The van der Waals surface area contributed by atoms with Gasteiger partial charge in [0.1, 0.15) is 29.5 Å². The minimum atomic E-state index is -0.405. The van der Waals surface area contributed by atoms with Gasteiger partial charge in [0.25, 0.3) is 5.91 Å². The maximum absolute atomic E-state index is 14.3. The number of H-pyrrole nitrogens is 1. The molecule has 0 radical (unpaired) electrons. The van der Waals surface area contributed by atoms with E-state index >= 15 is 0 Å². The highest BCUT2D eigenvalue weighted by Gasteiger charge is 2.15. The first-order chi connectivity index (χ1) is 15.6. The van der Waals surface area contributed by atoms with E-state index in [9.17, 15) is 9.18 Å². The average molecular weight is 428 g/mol. The van der Waals surface area contributed by atoms with E-state index in [-0.39, 0.29) is 5.91 Å². The van der Waals surface area contributed by atoms with Gasteiger partial charge in [-0.15, -0.1) is 0 Å². The number of benzene rings is 2. The van der Waals surface area contributed by atoms with Gasteiger partial charge in [0, 0.05) is 17.3 Å². The molecule has 0 bridgehead atoms. The Morgan fingerprint density at radius 1 is 1.12 bits per heavy atom. The van der Waals surface area contributed by atoms with Crippen molar-refractivity contribution in [2.24, 2.45) is 0 Å². The number of aromatic nitrogens is 6. The molecule has 3 N–H and O–H groups in total. The Balaban J connectivity index is 1.48. The molecule has 9 nitrogen and oxygen atoms in total. The lowest BCUT2D eigenvalue weighted by molar-refractivity contribution is 0.102. The number of carbonyl (C=O) groups excluding carboxylic acids is 1. The predicted octanol–water partition coefficient (Wildman–Crippen LogP) is 3.98. The molecule has 158 valence electrons. The molecule has 1 amide bonds. The molecule has 0 aliphatic rings. The number of fused-ring (bicyclic) bond motifs is 1. The van der Waals surface area contributed by atoms with E-state index in [4.69, 9.17) is 0 Å². The second-order valence-electron chi connectivity index (χ2n) is 7.05. The van der Waals surface area contributed by atoms with Crippen molar-refractivity contribution in [1.82, 2.24) is 29.9 Å². The van der Waals surface area contributed by atoms with Gasteiger partial charge in [0.2, 0.25) is 0 Å². The number of anilines is 3. The molecule has 0 spiro atoms.